The third-order valence-electron chi connectivity index (χ3n) is 7.63. The van der Waals surface area contributed by atoms with Crippen LogP contribution in [0.5, 0.6) is 0 Å². The normalized spacial score (nSPS) is 25.2. The second-order valence-electron chi connectivity index (χ2n) is 10.9. The van der Waals surface area contributed by atoms with Gasteiger partial charge in [-0.1, -0.05) is 61.5 Å². The zero-order valence-corrected chi connectivity index (χ0v) is 24.6. The molecule has 0 aromatic heterocycles. The molecule has 1 saturated heterocycles. The molecule has 1 fully saturated rings. The summed E-state index contributed by atoms with van der Waals surface area (Å²) in [5.74, 6) is -1.88. The lowest BCUT2D eigenvalue weighted by Gasteiger charge is -2.39. The van der Waals surface area contributed by atoms with Crippen molar-refractivity contribution < 1.29 is 43.3 Å². The lowest BCUT2D eigenvalue weighted by Crippen LogP contribution is -2.62. The van der Waals surface area contributed by atoms with Crippen molar-refractivity contribution in [1.29, 1.82) is 0 Å². The maximum Gasteiger partial charge on any atom is 0.306 e. The number of aliphatic hydroxyl groups excluding tert-OH is 2. The summed E-state index contributed by atoms with van der Waals surface area (Å²) in [6.07, 6.45) is -3.35. The molecule has 3 amide bonds. The molecular weight excluding hydrogens is 573 g/mol. The van der Waals surface area contributed by atoms with E-state index in [0.717, 1.165) is 29.3 Å². The first-order chi connectivity index (χ1) is 21.0. The molecule has 2 aliphatic heterocycles. The molecule has 4 N–H and O–H groups in total. The number of anilines is 1. The Balaban J connectivity index is 1.25. The number of allylic oxidation sites excluding steroid dienone is 1. The molecule has 11 nitrogen and oxygen atoms in total. The third kappa shape index (κ3) is 8.28. The van der Waals surface area contributed by atoms with Gasteiger partial charge in [-0.2, -0.15) is 0 Å². The van der Waals surface area contributed by atoms with E-state index in [2.05, 4.69) is 29.7 Å². The molecule has 2 heterocycles. The molecule has 4 rings (SSSR count). The summed E-state index contributed by atoms with van der Waals surface area (Å²) in [6.45, 7) is 3.09. The number of nitrogens with zero attached hydrogens (tertiary/aromatic N) is 1. The van der Waals surface area contributed by atoms with Crippen molar-refractivity contribution in [2.75, 3.05) is 18.1 Å². The van der Waals surface area contributed by atoms with E-state index in [1.807, 2.05) is 48.5 Å². The number of carbonyl (C=O) groups excluding carboxylic acids is 4. The van der Waals surface area contributed by atoms with Gasteiger partial charge in [0.15, 0.2) is 12.5 Å². The van der Waals surface area contributed by atoms with Gasteiger partial charge in [0, 0.05) is 26.3 Å². The maximum atomic E-state index is 14.5. The van der Waals surface area contributed by atoms with Gasteiger partial charge in [0.2, 0.25) is 17.7 Å². The Hall–Kier alpha value is -4.13. The number of benzene rings is 2. The van der Waals surface area contributed by atoms with Crippen LogP contribution in [0, 0.1) is 0 Å². The fourth-order valence-electron chi connectivity index (χ4n) is 5.27. The number of halogens is 1. The van der Waals surface area contributed by atoms with Crippen LogP contribution in [-0.2, 0) is 35.2 Å². The number of hydrogen-bond donors (Lipinski definition) is 4. The number of alkyl halides is 1. The summed E-state index contributed by atoms with van der Waals surface area (Å²) in [4.78, 5) is 50.9. The van der Waals surface area contributed by atoms with E-state index in [1.165, 1.54) is 0 Å². The molecule has 2 aliphatic rings. The van der Waals surface area contributed by atoms with Crippen LogP contribution in [0.3, 0.4) is 0 Å². The highest BCUT2D eigenvalue weighted by Crippen LogP contribution is 2.31. The fourth-order valence-corrected chi connectivity index (χ4v) is 5.27. The summed E-state index contributed by atoms with van der Waals surface area (Å²) in [5, 5.41) is 24.9. The maximum absolute atomic E-state index is 14.5. The smallest absolute Gasteiger partial charge is 0.306 e. The van der Waals surface area contributed by atoms with E-state index >= 15 is 0 Å². The van der Waals surface area contributed by atoms with Crippen LogP contribution in [0.4, 0.5) is 10.1 Å². The summed E-state index contributed by atoms with van der Waals surface area (Å²) >= 11 is 0. The zero-order chi connectivity index (χ0) is 31.8. The zero-order valence-electron chi connectivity index (χ0n) is 24.6. The van der Waals surface area contributed by atoms with Gasteiger partial charge in [-0.25, -0.2) is 4.39 Å². The molecule has 0 aliphatic carbocycles. The highest BCUT2D eigenvalue weighted by molar-refractivity contribution is 5.96. The van der Waals surface area contributed by atoms with E-state index in [4.69, 9.17) is 9.47 Å². The lowest BCUT2D eigenvalue weighted by molar-refractivity contribution is -0.242. The fraction of sp³-hybridized carbons (Fsp3) is 0.438. The number of carbonyl (C=O) groups is 4. The predicted molar refractivity (Wildman–Crippen MR) is 159 cm³/mol. The van der Waals surface area contributed by atoms with Crippen LogP contribution >= 0.6 is 0 Å². The summed E-state index contributed by atoms with van der Waals surface area (Å²) in [5.41, 5.74) is 3.85. The summed E-state index contributed by atoms with van der Waals surface area (Å²) in [6, 6.07) is 14.3. The average Bonchev–Trinajstić information content (AvgIpc) is 3.06. The minimum absolute atomic E-state index is 0.0347. The molecule has 0 saturated carbocycles. The predicted octanol–water partition coefficient (Wildman–Crippen LogP) is 2.10. The van der Waals surface area contributed by atoms with Crippen molar-refractivity contribution in [2.45, 2.75) is 76.3 Å². The van der Waals surface area contributed by atoms with Crippen LogP contribution in [0.25, 0.3) is 6.08 Å². The number of hydrogen-bond acceptors (Lipinski definition) is 8. The molecule has 236 valence electrons. The van der Waals surface area contributed by atoms with Crippen molar-refractivity contribution in [3.63, 3.8) is 0 Å². The molecule has 0 bridgehead atoms. The largest absolute Gasteiger partial charge is 0.463 e. The number of amides is 3. The molecule has 44 heavy (non-hydrogen) atoms. The summed E-state index contributed by atoms with van der Waals surface area (Å²) in [7, 11) is 0. The highest BCUT2D eigenvalue weighted by atomic mass is 19.1. The third-order valence-corrected chi connectivity index (χ3v) is 7.63. The number of fused-ring (bicyclic) bond motifs is 2. The van der Waals surface area contributed by atoms with Gasteiger partial charge >= 0.3 is 5.97 Å². The number of nitrogens with one attached hydrogen (secondary N) is 2. The monoisotopic (exact) mass is 611 g/mol. The Bertz CT molecular complexity index is 1380. The Labute approximate surface area is 255 Å². The Morgan fingerprint density at radius 3 is 2.55 bits per heavy atom. The second kappa shape index (κ2) is 15.0. The average molecular weight is 612 g/mol. The van der Waals surface area contributed by atoms with Crippen molar-refractivity contribution in [3.8, 4) is 0 Å². The minimum Gasteiger partial charge on any atom is -0.463 e. The van der Waals surface area contributed by atoms with Crippen molar-refractivity contribution in [3.05, 3.63) is 71.3 Å². The first kappa shape index (κ1) is 32.8. The van der Waals surface area contributed by atoms with E-state index in [1.54, 1.807) is 4.90 Å². The minimum atomic E-state index is -2.04. The van der Waals surface area contributed by atoms with Crippen molar-refractivity contribution in [1.82, 2.24) is 10.6 Å². The Kier molecular flexibility index (Phi) is 11.2. The number of para-hydroxylation sites is 1. The molecule has 2 aromatic rings. The number of esters is 1. The van der Waals surface area contributed by atoms with Gasteiger partial charge < -0.3 is 35.2 Å². The molecule has 2 unspecified atom stereocenters. The lowest BCUT2D eigenvalue weighted by atomic mass is 9.95. The SMILES string of the molecule is CC(=O)N[C@H]1C(O)O[C@H](COC(=O)CCC(=O)NCCC(=O)N2Cc3ccccc3C(C)/C=C\c3ccccc32)[C@@H](F)[C@@H]1O. The standard InChI is InChI=1S/C32H38FN3O8/c1-19-11-12-21-7-4-6-10-24(21)36(17-22-8-3-5-9-23(19)22)27(39)15-16-34-26(38)13-14-28(40)43-18-25-29(33)31(41)30(32(42)44-25)35-20(2)37/h3-12,19,25,29-32,41-42H,13-18H2,1-2H3,(H,34,38)(H,35,37)/b12-11-/t19?,25-,29-,30-,31+,32?/m1/s1. The number of ether oxygens (including phenoxy) is 2. The molecule has 0 spiro atoms. The van der Waals surface area contributed by atoms with Gasteiger partial charge in [0.1, 0.15) is 24.9 Å². The molecular formula is C32H38FN3O8. The van der Waals surface area contributed by atoms with Crippen LogP contribution in [0.1, 0.15) is 55.7 Å². The molecule has 0 radical (unpaired) electrons. The number of aliphatic hydroxyl groups is 2. The topological polar surface area (TPSA) is 154 Å². The summed E-state index contributed by atoms with van der Waals surface area (Å²) < 4.78 is 24.6. The first-order valence-electron chi connectivity index (χ1n) is 14.6. The van der Waals surface area contributed by atoms with Crippen molar-refractivity contribution in [2.24, 2.45) is 0 Å². The van der Waals surface area contributed by atoms with Crippen LogP contribution in [0.15, 0.2) is 54.6 Å². The van der Waals surface area contributed by atoms with Crippen molar-refractivity contribution >= 4 is 35.5 Å². The van der Waals surface area contributed by atoms with Crippen LogP contribution in [0.2, 0.25) is 0 Å². The highest BCUT2D eigenvalue weighted by Gasteiger charge is 2.46. The van der Waals surface area contributed by atoms with E-state index in [-0.39, 0.29) is 37.6 Å². The molecule has 6 atom stereocenters. The van der Waals surface area contributed by atoms with Gasteiger partial charge in [-0.15, -0.1) is 0 Å². The van der Waals surface area contributed by atoms with Gasteiger partial charge in [0.05, 0.1) is 18.7 Å². The quantitative estimate of drug-likeness (QED) is 0.315. The van der Waals surface area contributed by atoms with E-state index in [9.17, 15) is 33.8 Å². The second-order valence-corrected chi connectivity index (χ2v) is 10.9. The van der Waals surface area contributed by atoms with E-state index in [0.29, 0.717) is 6.54 Å². The van der Waals surface area contributed by atoms with Crippen LogP contribution < -0.4 is 15.5 Å². The number of rotatable bonds is 9. The van der Waals surface area contributed by atoms with E-state index < -0.39 is 55.1 Å². The van der Waals surface area contributed by atoms with Crippen LogP contribution in [-0.4, -0.2) is 77.8 Å². The molecule has 2 aromatic carbocycles. The molecule has 12 heteroatoms. The van der Waals surface area contributed by atoms with Gasteiger partial charge in [-0.05, 0) is 28.7 Å². The van der Waals surface area contributed by atoms with Gasteiger partial charge in [0.25, 0.3) is 0 Å². The Morgan fingerprint density at radius 2 is 1.77 bits per heavy atom. The first-order valence-corrected chi connectivity index (χ1v) is 14.6. The Morgan fingerprint density at radius 1 is 1.05 bits per heavy atom. The van der Waals surface area contributed by atoms with Gasteiger partial charge in [-0.3, -0.25) is 19.2 Å².